The molecule has 2 atom stereocenters. The average Bonchev–Trinajstić information content (AvgIpc) is 2.85. The van der Waals surface area contributed by atoms with Crippen LogP contribution in [0.25, 0.3) is 16.5 Å². The summed E-state index contributed by atoms with van der Waals surface area (Å²) in [5.41, 5.74) is 5.66. The normalized spacial score (nSPS) is 24.1. The summed E-state index contributed by atoms with van der Waals surface area (Å²) in [4.78, 5) is 17.1. The van der Waals surface area contributed by atoms with E-state index in [1.165, 1.54) is 22.1 Å². The highest BCUT2D eigenvalue weighted by molar-refractivity contribution is 6.34. The number of aromatic nitrogens is 1. The largest absolute Gasteiger partial charge is 0.368 e. The summed E-state index contributed by atoms with van der Waals surface area (Å²) in [5.74, 6) is -0.00843. The molecule has 1 aromatic carbocycles. The highest BCUT2D eigenvalue weighted by Gasteiger charge is 2.35. The Morgan fingerprint density at radius 1 is 1.45 bits per heavy atom. The lowest BCUT2D eigenvalue weighted by atomic mass is 9.77. The number of hydrogen-bond donors (Lipinski definition) is 1. The molecule has 1 aliphatic heterocycles. The third kappa shape index (κ3) is 1.90. The van der Waals surface area contributed by atoms with Gasteiger partial charge in [0, 0.05) is 29.4 Å². The van der Waals surface area contributed by atoms with Crippen molar-refractivity contribution in [3.8, 4) is 0 Å². The highest BCUT2D eigenvalue weighted by Crippen LogP contribution is 2.40. The van der Waals surface area contributed by atoms with Crippen molar-refractivity contribution >= 4 is 36.2 Å². The number of benzene rings is 1. The Morgan fingerprint density at radius 2 is 2.32 bits per heavy atom. The maximum absolute atomic E-state index is 11.4. The van der Waals surface area contributed by atoms with Crippen LogP contribution in [0.2, 0.25) is 0 Å². The molecule has 2 heterocycles. The van der Waals surface area contributed by atoms with Crippen molar-refractivity contribution in [2.75, 3.05) is 13.1 Å². The standard InChI is InChI=1S/C18H19BN2O/c1-2-6-21-9-11(10-22)7-13-12-4-3-5-15-17(12)14(8-16(13)21)18(19)20-15/h3-5,7,10-11,16,20H,2,6,8-9H2,1H3/t11?,16-/m1/s1. The highest BCUT2D eigenvalue weighted by atomic mass is 16.1. The summed E-state index contributed by atoms with van der Waals surface area (Å²) in [6, 6.07) is 6.64. The van der Waals surface area contributed by atoms with Gasteiger partial charge < -0.3 is 9.78 Å². The monoisotopic (exact) mass is 290 g/mol. The summed E-state index contributed by atoms with van der Waals surface area (Å²) in [6.07, 6.45) is 5.27. The number of hydrogen-bond acceptors (Lipinski definition) is 2. The first-order chi connectivity index (χ1) is 10.7. The maximum Gasteiger partial charge on any atom is 0.138 e. The lowest BCUT2D eigenvalue weighted by Gasteiger charge is -2.41. The topological polar surface area (TPSA) is 36.1 Å². The van der Waals surface area contributed by atoms with E-state index in [-0.39, 0.29) is 5.92 Å². The van der Waals surface area contributed by atoms with Gasteiger partial charge in [0.25, 0.3) is 0 Å². The number of nitrogens with zero attached hydrogens (tertiary/aromatic N) is 1. The molecule has 1 N–H and O–H groups in total. The van der Waals surface area contributed by atoms with E-state index in [9.17, 15) is 4.79 Å². The van der Waals surface area contributed by atoms with Crippen molar-refractivity contribution in [1.82, 2.24) is 9.88 Å². The zero-order valence-corrected chi connectivity index (χ0v) is 12.8. The van der Waals surface area contributed by atoms with E-state index in [0.717, 1.165) is 43.3 Å². The minimum absolute atomic E-state index is 0.00843. The number of aromatic amines is 1. The number of carbonyl (C=O) groups excluding carboxylic acids is 1. The summed E-state index contributed by atoms with van der Waals surface area (Å²) in [7, 11) is 6.21. The van der Waals surface area contributed by atoms with E-state index in [0.29, 0.717) is 6.04 Å². The molecular weight excluding hydrogens is 271 g/mol. The number of aldehydes is 1. The smallest absolute Gasteiger partial charge is 0.138 e. The zero-order chi connectivity index (χ0) is 15.3. The van der Waals surface area contributed by atoms with E-state index >= 15 is 0 Å². The van der Waals surface area contributed by atoms with E-state index < -0.39 is 0 Å². The Hall–Kier alpha value is -1.81. The number of carbonyl (C=O) groups is 1. The van der Waals surface area contributed by atoms with Gasteiger partial charge >= 0.3 is 0 Å². The lowest BCUT2D eigenvalue weighted by Crippen LogP contribution is -2.46. The number of rotatable bonds is 3. The van der Waals surface area contributed by atoms with Crippen molar-refractivity contribution in [3.63, 3.8) is 0 Å². The molecule has 110 valence electrons. The summed E-state index contributed by atoms with van der Waals surface area (Å²) in [5, 5.41) is 1.24. The molecule has 0 saturated heterocycles. The predicted octanol–water partition coefficient (Wildman–Crippen LogP) is 1.81. The molecule has 0 spiro atoms. The molecule has 0 fully saturated rings. The van der Waals surface area contributed by atoms with Crippen LogP contribution in [0.5, 0.6) is 0 Å². The van der Waals surface area contributed by atoms with E-state index in [4.69, 9.17) is 7.85 Å². The van der Waals surface area contributed by atoms with Gasteiger partial charge in [-0.2, -0.15) is 0 Å². The third-order valence-electron chi connectivity index (χ3n) is 4.99. The fraction of sp³-hybridized carbons (Fsp3) is 0.389. The second-order valence-electron chi connectivity index (χ2n) is 6.38. The lowest BCUT2D eigenvalue weighted by molar-refractivity contribution is -0.110. The fourth-order valence-corrected chi connectivity index (χ4v) is 4.10. The summed E-state index contributed by atoms with van der Waals surface area (Å²) >= 11 is 0. The van der Waals surface area contributed by atoms with Crippen molar-refractivity contribution in [3.05, 3.63) is 35.4 Å². The van der Waals surface area contributed by atoms with Crippen molar-refractivity contribution in [1.29, 1.82) is 0 Å². The number of fused-ring (bicyclic) bond motifs is 2. The predicted molar refractivity (Wildman–Crippen MR) is 90.6 cm³/mol. The van der Waals surface area contributed by atoms with Crippen LogP contribution in [-0.2, 0) is 11.2 Å². The van der Waals surface area contributed by atoms with Crippen molar-refractivity contribution in [2.45, 2.75) is 25.8 Å². The summed E-state index contributed by atoms with van der Waals surface area (Å²) < 4.78 is 0. The molecule has 1 aliphatic carbocycles. The van der Waals surface area contributed by atoms with Crippen molar-refractivity contribution < 1.29 is 4.79 Å². The van der Waals surface area contributed by atoms with Crippen LogP contribution in [0.4, 0.5) is 0 Å². The Kier molecular flexibility index (Phi) is 3.23. The van der Waals surface area contributed by atoms with Crippen LogP contribution < -0.4 is 5.59 Å². The molecular formula is C18H19BN2O. The fourth-order valence-electron chi connectivity index (χ4n) is 4.10. The van der Waals surface area contributed by atoms with Gasteiger partial charge in [0.2, 0.25) is 0 Å². The molecule has 4 rings (SSSR count). The van der Waals surface area contributed by atoms with Crippen LogP contribution in [0, 0.1) is 5.92 Å². The van der Waals surface area contributed by atoms with Crippen LogP contribution in [-0.4, -0.2) is 43.1 Å². The molecule has 2 aliphatic rings. The Labute approximate surface area is 131 Å². The molecule has 1 aromatic heterocycles. The van der Waals surface area contributed by atoms with E-state index in [1.54, 1.807) is 0 Å². The van der Waals surface area contributed by atoms with Crippen LogP contribution in [0.3, 0.4) is 0 Å². The molecule has 2 aromatic rings. The number of nitrogens with one attached hydrogen (secondary N) is 1. The second-order valence-corrected chi connectivity index (χ2v) is 6.38. The van der Waals surface area contributed by atoms with E-state index in [2.05, 4.69) is 41.1 Å². The second kappa shape index (κ2) is 5.13. The molecule has 0 saturated carbocycles. The maximum atomic E-state index is 11.4. The van der Waals surface area contributed by atoms with Gasteiger partial charge in [-0.05, 0) is 47.7 Å². The molecule has 2 radical (unpaired) electrons. The first kappa shape index (κ1) is 13.8. The van der Waals surface area contributed by atoms with Crippen LogP contribution in [0.15, 0.2) is 24.3 Å². The minimum atomic E-state index is -0.00843. The molecule has 0 bridgehead atoms. The van der Waals surface area contributed by atoms with Gasteiger partial charge in [0.1, 0.15) is 14.1 Å². The van der Waals surface area contributed by atoms with Gasteiger partial charge in [0.05, 0.1) is 0 Å². The SMILES string of the molecule is [B]c1[nH]c2cccc3c2c1C[C@@H]1C3=CC(C=O)CN1CCC. The first-order valence-corrected chi connectivity index (χ1v) is 8.03. The van der Waals surface area contributed by atoms with Gasteiger partial charge in [-0.3, -0.25) is 4.90 Å². The van der Waals surface area contributed by atoms with Gasteiger partial charge in [-0.15, -0.1) is 0 Å². The number of H-pyrrole nitrogens is 1. The Morgan fingerprint density at radius 3 is 3.09 bits per heavy atom. The van der Waals surface area contributed by atoms with Crippen LogP contribution >= 0.6 is 0 Å². The van der Waals surface area contributed by atoms with E-state index in [1.807, 2.05) is 0 Å². The average molecular weight is 290 g/mol. The molecule has 3 nitrogen and oxygen atoms in total. The molecule has 0 amide bonds. The van der Waals surface area contributed by atoms with Crippen molar-refractivity contribution in [2.24, 2.45) is 5.92 Å². The minimum Gasteiger partial charge on any atom is -0.368 e. The van der Waals surface area contributed by atoms with Gasteiger partial charge in [-0.25, -0.2) is 0 Å². The quantitative estimate of drug-likeness (QED) is 0.691. The zero-order valence-electron chi connectivity index (χ0n) is 12.8. The molecule has 4 heteroatoms. The molecule has 1 unspecified atom stereocenters. The summed E-state index contributed by atoms with van der Waals surface area (Å²) in [6.45, 7) is 4.02. The Bertz CT molecular complexity index is 777. The first-order valence-electron chi connectivity index (χ1n) is 8.03. The third-order valence-corrected chi connectivity index (χ3v) is 4.99. The van der Waals surface area contributed by atoms with Crippen LogP contribution in [0.1, 0.15) is 24.5 Å². The van der Waals surface area contributed by atoms with Gasteiger partial charge in [0.15, 0.2) is 0 Å². The Balaban J connectivity index is 1.93. The van der Waals surface area contributed by atoms with Gasteiger partial charge in [-0.1, -0.05) is 25.1 Å². The molecule has 22 heavy (non-hydrogen) atoms.